The van der Waals surface area contributed by atoms with Crippen LogP contribution >= 0.6 is 11.6 Å². The lowest BCUT2D eigenvalue weighted by Gasteiger charge is -2.10. The Morgan fingerprint density at radius 3 is 2.56 bits per heavy atom. The number of aldehydes is 1. The Morgan fingerprint density at radius 2 is 2.06 bits per heavy atom. The fourth-order valence-electron chi connectivity index (χ4n) is 2.04. The maximum Gasteiger partial charge on any atom is 0.151 e. The van der Waals surface area contributed by atoms with Gasteiger partial charge in [-0.05, 0) is 38.1 Å². The average Bonchev–Trinajstić information content (AvgIpc) is 2.64. The molecule has 1 heterocycles. The van der Waals surface area contributed by atoms with Crippen LogP contribution in [0.3, 0.4) is 0 Å². The zero-order chi connectivity index (χ0) is 13.3. The summed E-state index contributed by atoms with van der Waals surface area (Å²) in [7, 11) is 0. The lowest BCUT2D eigenvalue weighted by molar-refractivity contribution is 0.112. The van der Waals surface area contributed by atoms with Crippen molar-refractivity contribution in [1.29, 1.82) is 5.26 Å². The molecule has 0 radical (unpaired) electrons. The molecule has 90 valence electrons. The number of hydrogen-bond donors (Lipinski definition) is 0. The molecule has 18 heavy (non-hydrogen) atoms. The fourth-order valence-corrected chi connectivity index (χ4v) is 2.26. The number of halogens is 1. The van der Waals surface area contributed by atoms with E-state index in [-0.39, 0.29) is 0 Å². The number of hydrogen-bond acceptors (Lipinski definition) is 2. The lowest BCUT2D eigenvalue weighted by Crippen LogP contribution is -1.99. The van der Waals surface area contributed by atoms with E-state index in [2.05, 4.69) is 0 Å². The molecule has 1 aromatic carbocycles. The normalized spacial score (nSPS) is 10.1. The number of nitriles is 1. The summed E-state index contributed by atoms with van der Waals surface area (Å²) in [6.07, 6.45) is 0.837. The van der Waals surface area contributed by atoms with E-state index in [9.17, 15) is 4.79 Å². The summed E-state index contributed by atoms with van der Waals surface area (Å²) in [6, 6.07) is 9.08. The van der Waals surface area contributed by atoms with Gasteiger partial charge in [0, 0.05) is 22.6 Å². The van der Waals surface area contributed by atoms with Crippen molar-refractivity contribution in [3.63, 3.8) is 0 Å². The number of nitrogens with zero attached hydrogens (tertiary/aromatic N) is 2. The van der Waals surface area contributed by atoms with Gasteiger partial charge < -0.3 is 4.57 Å². The van der Waals surface area contributed by atoms with Gasteiger partial charge in [0.05, 0.1) is 10.6 Å². The Kier molecular flexibility index (Phi) is 3.22. The van der Waals surface area contributed by atoms with Crippen LogP contribution in [0, 0.1) is 25.2 Å². The quantitative estimate of drug-likeness (QED) is 0.775. The van der Waals surface area contributed by atoms with Crippen LogP contribution in [0.25, 0.3) is 5.69 Å². The highest BCUT2D eigenvalue weighted by atomic mass is 35.5. The third-order valence-electron chi connectivity index (χ3n) is 2.93. The van der Waals surface area contributed by atoms with Crippen LogP contribution in [0.2, 0.25) is 5.02 Å². The second-order valence-corrected chi connectivity index (χ2v) is 4.46. The second kappa shape index (κ2) is 4.67. The zero-order valence-corrected chi connectivity index (χ0v) is 10.8. The van der Waals surface area contributed by atoms with Crippen molar-refractivity contribution in [2.75, 3.05) is 0 Å². The molecular formula is C14H11ClN2O. The standard InChI is InChI=1S/C14H11ClN2O/c1-9-5-12(8-18)10(2)17(9)13-4-3-11(7-16)14(15)6-13/h3-6,8H,1-2H3. The second-order valence-electron chi connectivity index (χ2n) is 4.06. The number of carbonyl (C=O) groups is 1. The van der Waals surface area contributed by atoms with Crippen LogP contribution in [0.15, 0.2) is 24.3 Å². The van der Waals surface area contributed by atoms with Gasteiger partial charge in [-0.15, -0.1) is 0 Å². The molecule has 4 heteroatoms. The lowest BCUT2D eigenvalue weighted by atomic mass is 10.2. The van der Waals surface area contributed by atoms with Gasteiger partial charge in [-0.25, -0.2) is 0 Å². The molecule has 0 aliphatic rings. The highest BCUT2D eigenvalue weighted by Crippen LogP contribution is 2.24. The first-order valence-electron chi connectivity index (χ1n) is 5.42. The van der Waals surface area contributed by atoms with E-state index < -0.39 is 0 Å². The van der Waals surface area contributed by atoms with Crippen molar-refractivity contribution in [2.45, 2.75) is 13.8 Å². The zero-order valence-electron chi connectivity index (χ0n) is 10.1. The van der Waals surface area contributed by atoms with Crippen LogP contribution in [0.5, 0.6) is 0 Å². The largest absolute Gasteiger partial charge is 0.318 e. The highest BCUT2D eigenvalue weighted by molar-refractivity contribution is 6.31. The third-order valence-corrected chi connectivity index (χ3v) is 3.24. The summed E-state index contributed by atoms with van der Waals surface area (Å²) in [5, 5.41) is 9.26. The minimum atomic E-state index is 0.412. The van der Waals surface area contributed by atoms with E-state index in [0.29, 0.717) is 16.1 Å². The summed E-state index contributed by atoms with van der Waals surface area (Å²) in [6.45, 7) is 3.80. The SMILES string of the molecule is Cc1cc(C=O)c(C)n1-c1ccc(C#N)c(Cl)c1. The molecule has 0 N–H and O–H groups in total. The van der Waals surface area contributed by atoms with Gasteiger partial charge in [-0.1, -0.05) is 11.6 Å². The molecule has 0 fully saturated rings. The Morgan fingerprint density at radius 1 is 1.33 bits per heavy atom. The van der Waals surface area contributed by atoms with Crippen molar-refractivity contribution < 1.29 is 4.79 Å². The van der Waals surface area contributed by atoms with Gasteiger partial charge in [-0.3, -0.25) is 4.79 Å². The third kappa shape index (κ3) is 1.92. The summed E-state index contributed by atoms with van der Waals surface area (Å²) in [4.78, 5) is 10.9. The van der Waals surface area contributed by atoms with Gasteiger partial charge in [0.2, 0.25) is 0 Å². The number of aryl methyl sites for hydroxylation is 1. The monoisotopic (exact) mass is 258 g/mol. The molecule has 0 aliphatic heterocycles. The predicted octanol–water partition coefficient (Wildman–Crippen LogP) is 3.43. The molecular weight excluding hydrogens is 248 g/mol. The Bertz CT molecular complexity index is 665. The fraction of sp³-hybridized carbons (Fsp3) is 0.143. The van der Waals surface area contributed by atoms with E-state index in [1.54, 1.807) is 12.1 Å². The van der Waals surface area contributed by atoms with Crippen LogP contribution in [-0.2, 0) is 0 Å². The van der Waals surface area contributed by atoms with Gasteiger partial charge in [0.15, 0.2) is 6.29 Å². The molecule has 0 aliphatic carbocycles. The first-order chi connectivity index (χ1) is 8.58. The number of benzene rings is 1. The Hall–Kier alpha value is -2.05. The molecule has 2 rings (SSSR count). The van der Waals surface area contributed by atoms with Crippen LogP contribution in [-0.4, -0.2) is 10.9 Å². The van der Waals surface area contributed by atoms with Gasteiger partial charge in [0.1, 0.15) is 6.07 Å². The summed E-state index contributed by atoms with van der Waals surface area (Å²) in [5.74, 6) is 0. The maximum absolute atomic E-state index is 10.9. The van der Waals surface area contributed by atoms with E-state index in [1.165, 1.54) is 0 Å². The van der Waals surface area contributed by atoms with Gasteiger partial charge >= 0.3 is 0 Å². The van der Waals surface area contributed by atoms with Crippen LogP contribution in [0.1, 0.15) is 27.3 Å². The summed E-state index contributed by atoms with van der Waals surface area (Å²) < 4.78 is 1.94. The maximum atomic E-state index is 10.9. The molecule has 0 atom stereocenters. The summed E-state index contributed by atoms with van der Waals surface area (Å²) >= 11 is 6.02. The van der Waals surface area contributed by atoms with Crippen molar-refractivity contribution in [1.82, 2.24) is 4.57 Å². The topological polar surface area (TPSA) is 45.8 Å². The first kappa shape index (κ1) is 12.4. The number of carbonyl (C=O) groups excluding carboxylic acids is 1. The molecule has 0 amide bonds. The van der Waals surface area contributed by atoms with Crippen LogP contribution < -0.4 is 0 Å². The minimum absolute atomic E-state index is 0.412. The molecule has 2 aromatic rings. The summed E-state index contributed by atoms with van der Waals surface area (Å²) in [5.41, 5.74) is 3.77. The smallest absolute Gasteiger partial charge is 0.151 e. The molecule has 0 unspecified atom stereocenters. The number of rotatable bonds is 2. The highest BCUT2D eigenvalue weighted by Gasteiger charge is 2.11. The number of aromatic nitrogens is 1. The average molecular weight is 259 g/mol. The van der Waals surface area contributed by atoms with Crippen molar-refractivity contribution in [3.8, 4) is 11.8 Å². The van der Waals surface area contributed by atoms with Crippen molar-refractivity contribution >= 4 is 17.9 Å². The first-order valence-corrected chi connectivity index (χ1v) is 5.80. The molecule has 0 saturated carbocycles. The Balaban J connectivity index is 2.63. The van der Waals surface area contributed by atoms with Crippen molar-refractivity contribution in [3.05, 3.63) is 51.8 Å². The van der Waals surface area contributed by atoms with E-state index in [4.69, 9.17) is 16.9 Å². The van der Waals surface area contributed by atoms with E-state index in [0.717, 1.165) is 23.4 Å². The molecule has 3 nitrogen and oxygen atoms in total. The van der Waals surface area contributed by atoms with Crippen molar-refractivity contribution in [2.24, 2.45) is 0 Å². The van der Waals surface area contributed by atoms with E-state index in [1.807, 2.05) is 36.6 Å². The predicted molar refractivity (Wildman–Crippen MR) is 70.4 cm³/mol. The van der Waals surface area contributed by atoms with Gasteiger partial charge in [0.25, 0.3) is 0 Å². The molecule has 0 spiro atoms. The van der Waals surface area contributed by atoms with E-state index >= 15 is 0 Å². The molecule has 1 aromatic heterocycles. The molecule has 0 bridgehead atoms. The Labute approximate surface area is 110 Å². The van der Waals surface area contributed by atoms with Crippen LogP contribution in [0.4, 0.5) is 0 Å². The molecule has 0 saturated heterocycles. The van der Waals surface area contributed by atoms with Gasteiger partial charge in [-0.2, -0.15) is 5.26 Å². The minimum Gasteiger partial charge on any atom is -0.318 e.